The molecule has 7 heteroatoms. The third kappa shape index (κ3) is 4.71. The Bertz CT molecular complexity index is 1450. The highest BCUT2D eigenvalue weighted by atomic mass is 16.4. The first-order valence-corrected chi connectivity index (χ1v) is 10.9. The number of nitrogens with two attached hydrogens (primary N) is 1. The largest absolute Gasteiger partial charge is 0.478 e. The van der Waals surface area contributed by atoms with Gasteiger partial charge in [0.05, 0.1) is 28.3 Å². The van der Waals surface area contributed by atoms with Gasteiger partial charge in [-0.15, -0.1) is 0 Å². The molecule has 4 rings (SSSR count). The van der Waals surface area contributed by atoms with Crippen LogP contribution in [0, 0.1) is 6.92 Å². The van der Waals surface area contributed by atoms with Crippen molar-refractivity contribution >= 4 is 28.4 Å². The summed E-state index contributed by atoms with van der Waals surface area (Å²) in [7, 11) is 0. The summed E-state index contributed by atoms with van der Waals surface area (Å²) in [5.41, 5.74) is 12.6. The molecule has 1 aromatic carbocycles. The Balaban J connectivity index is 0.00000342. The average Bonchev–Trinajstić information content (AvgIpc) is 3.17. The molecule has 3 N–H and O–H groups in total. The summed E-state index contributed by atoms with van der Waals surface area (Å²) in [4.78, 5) is 33.0. The van der Waals surface area contributed by atoms with Gasteiger partial charge in [0.15, 0.2) is 5.78 Å². The number of hydrogen-bond acceptors (Lipinski definition) is 5. The van der Waals surface area contributed by atoms with E-state index in [4.69, 9.17) is 10.7 Å². The van der Waals surface area contributed by atoms with Crippen LogP contribution in [0.2, 0.25) is 0 Å². The molecule has 35 heavy (non-hydrogen) atoms. The number of carbonyl (C=O) groups excluding carboxylic acids is 1. The fraction of sp³-hybridized carbons (Fsp3) is 0.214. The zero-order valence-corrected chi connectivity index (χ0v) is 19.5. The monoisotopic (exact) mass is 470 g/mol. The van der Waals surface area contributed by atoms with Gasteiger partial charge in [0, 0.05) is 41.0 Å². The number of carboxylic acids is 1. The van der Waals surface area contributed by atoms with E-state index in [2.05, 4.69) is 9.55 Å². The predicted molar refractivity (Wildman–Crippen MR) is 139 cm³/mol. The minimum absolute atomic E-state index is 0. The number of carboxylic acid groups (broad SMARTS) is 1. The SMILES string of the molecule is C.CC(=O)C(=C(C)N)c1cnc2c(-c3ccc(C(=O)O)c(C)c3)cn([C@@H](C)c3ccccn3)c2c1. The van der Waals surface area contributed by atoms with Gasteiger partial charge >= 0.3 is 5.97 Å². The number of aryl methyl sites for hydroxylation is 1. The number of rotatable bonds is 6. The second kappa shape index (κ2) is 9.93. The molecule has 0 radical (unpaired) electrons. The van der Waals surface area contributed by atoms with E-state index in [1.807, 2.05) is 43.5 Å². The summed E-state index contributed by atoms with van der Waals surface area (Å²) in [6, 6.07) is 12.9. The number of benzene rings is 1. The number of hydrogen-bond donors (Lipinski definition) is 2. The maximum absolute atomic E-state index is 12.3. The van der Waals surface area contributed by atoms with Crippen LogP contribution in [-0.4, -0.2) is 31.4 Å². The molecule has 0 unspecified atom stereocenters. The van der Waals surface area contributed by atoms with E-state index in [0.29, 0.717) is 22.4 Å². The van der Waals surface area contributed by atoms with Crippen molar-refractivity contribution < 1.29 is 14.7 Å². The number of aromatic nitrogens is 3. The first kappa shape index (κ1) is 25.4. The summed E-state index contributed by atoms with van der Waals surface area (Å²) in [6.45, 7) is 7.02. The van der Waals surface area contributed by atoms with Gasteiger partial charge in [-0.05, 0) is 63.1 Å². The number of ketones is 1. The van der Waals surface area contributed by atoms with E-state index in [1.165, 1.54) is 6.92 Å². The Morgan fingerprint density at radius 1 is 1.09 bits per heavy atom. The number of allylic oxidation sites excluding steroid dienone is 2. The van der Waals surface area contributed by atoms with E-state index in [-0.39, 0.29) is 24.8 Å². The first-order valence-electron chi connectivity index (χ1n) is 10.9. The molecule has 1 atom stereocenters. The van der Waals surface area contributed by atoms with Gasteiger partial charge in [-0.25, -0.2) is 4.79 Å². The van der Waals surface area contributed by atoms with E-state index < -0.39 is 5.97 Å². The summed E-state index contributed by atoms with van der Waals surface area (Å²) in [6.07, 6.45) is 5.42. The molecule has 0 saturated carbocycles. The molecule has 7 nitrogen and oxygen atoms in total. The van der Waals surface area contributed by atoms with Gasteiger partial charge in [0.2, 0.25) is 0 Å². The Hall–Kier alpha value is -4.26. The lowest BCUT2D eigenvalue weighted by Crippen LogP contribution is -2.08. The minimum Gasteiger partial charge on any atom is -0.478 e. The molecule has 0 fully saturated rings. The maximum atomic E-state index is 12.3. The third-order valence-corrected chi connectivity index (χ3v) is 6.01. The van der Waals surface area contributed by atoms with Crippen LogP contribution in [0.25, 0.3) is 27.7 Å². The third-order valence-electron chi connectivity index (χ3n) is 6.01. The van der Waals surface area contributed by atoms with Crippen molar-refractivity contribution in [1.82, 2.24) is 14.5 Å². The van der Waals surface area contributed by atoms with Crippen molar-refractivity contribution in [3.63, 3.8) is 0 Å². The van der Waals surface area contributed by atoms with Gasteiger partial charge in [-0.1, -0.05) is 25.6 Å². The number of fused-ring (bicyclic) bond motifs is 1. The van der Waals surface area contributed by atoms with Crippen LogP contribution in [-0.2, 0) is 4.79 Å². The molecular formula is C28H30N4O3. The topological polar surface area (TPSA) is 111 Å². The highest BCUT2D eigenvalue weighted by Crippen LogP contribution is 2.35. The van der Waals surface area contributed by atoms with Crippen LogP contribution < -0.4 is 5.73 Å². The van der Waals surface area contributed by atoms with Crippen LogP contribution in [0.5, 0.6) is 0 Å². The Morgan fingerprint density at radius 3 is 2.40 bits per heavy atom. The van der Waals surface area contributed by atoms with Crippen LogP contribution >= 0.6 is 0 Å². The van der Waals surface area contributed by atoms with Gasteiger partial charge in [0.1, 0.15) is 0 Å². The molecule has 0 aliphatic carbocycles. The molecule has 3 heterocycles. The second-order valence-electron chi connectivity index (χ2n) is 8.42. The average molecular weight is 471 g/mol. The van der Waals surface area contributed by atoms with Crippen LogP contribution in [0.3, 0.4) is 0 Å². The van der Waals surface area contributed by atoms with Crippen LogP contribution in [0.4, 0.5) is 0 Å². The number of carbonyl (C=O) groups is 2. The zero-order valence-electron chi connectivity index (χ0n) is 19.5. The lowest BCUT2D eigenvalue weighted by atomic mass is 9.99. The smallest absolute Gasteiger partial charge is 0.335 e. The van der Waals surface area contributed by atoms with Crippen molar-refractivity contribution in [2.24, 2.45) is 5.73 Å². The fourth-order valence-corrected chi connectivity index (χ4v) is 4.34. The molecule has 0 bridgehead atoms. The molecule has 3 aromatic heterocycles. The highest BCUT2D eigenvalue weighted by Gasteiger charge is 2.20. The van der Waals surface area contributed by atoms with Gasteiger partial charge < -0.3 is 15.4 Å². The molecule has 4 aromatic rings. The lowest BCUT2D eigenvalue weighted by Gasteiger charge is -2.15. The predicted octanol–water partition coefficient (Wildman–Crippen LogP) is 5.63. The maximum Gasteiger partial charge on any atom is 0.335 e. The normalized spacial score (nSPS) is 12.6. The molecule has 0 aliphatic heterocycles. The van der Waals surface area contributed by atoms with Gasteiger partial charge in [0.25, 0.3) is 0 Å². The number of pyridine rings is 2. The zero-order chi connectivity index (χ0) is 24.6. The lowest BCUT2D eigenvalue weighted by molar-refractivity contribution is -0.111. The Kier molecular flexibility index (Phi) is 7.20. The minimum atomic E-state index is -0.960. The number of Topliss-reactive ketones (excluding diaryl/α,β-unsaturated/α-hetero) is 1. The molecule has 0 spiro atoms. The summed E-state index contributed by atoms with van der Waals surface area (Å²) in [5, 5.41) is 9.41. The van der Waals surface area contributed by atoms with E-state index in [1.54, 1.807) is 38.4 Å². The van der Waals surface area contributed by atoms with Crippen molar-refractivity contribution in [3.05, 3.63) is 89.1 Å². The summed E-state index contributed by atoms with van der Waals surface area (Å²) >= 11 is 0. The van der Waals surface area contributed by atoms with E-state index >= 15 is 0 Å². The molecular weight excluding hydrogens is 440 g/mol. The Morgan fingerprint density at radius 2 is 1.83 bits per heavy atom. The fourth-order valence-electron chi connectivity index (χ4n) is 4.34. The van der Waals surface area contributed by atoms with Crippen molar-refractivity contribution in [2.45, 2.75) is 41.2 Å². The van der Waals surface area contributed by atoms with Gasteiger partial charge in [-0.2, -0.15) is 0 Å². The van der Waals surface area contributed by atoms with Gasteiger partial charge in [-0.3, -0.25) is 14.8 Å². The van der Waals surface area contributed by atoms with E-state index in [0.717, 1.165) is 27.9 Å². The van der Waals surface area contributed by atoms with Crippen molar-refractivity contribution in [2.75, 3.05) is 0 Å². The quantitative estimate of drug-likeness (QED) is 0.353. The molecule has 0 saturated heterocycles. The highest BCUT2D eigenvalue weighted by molar-refractivity contribution is 6.20. The number of aromatic carboxylic acids is 1. The van der Waals surface area contributed by atoms with Crippen molar-refractivity contribution in [1.29, 1.82) is 0 Å². The van der Waals surface area contributed by atoms with Crippen LogP contribution in [0.15, 0.2) is 66.8 Å². The van der Waals surface area contributed by atoms with Crippen molar-refractivity contribution in [3.8, 4) is 11.1 Å². The molecule has 180 valence electrons. The summed E-state index contributed by atoms with van der Waals surface area (Å²) in [5.74, 6) is -1.09. The molecule has 0 amide bonds. The standard InChI is InChI=1S/C27H26N4O3.CH4/c1-15-11-19(8-9-21(15)27(33)34)22-14-31(17(3)23-7-5-6-10-29-23)24-12-20(13-30-26(22)24)25(16(2)28)18(4)32;/h5-14,17H,28H2,1-4H3,(H,33,34);1H4/t17-;/m0./s1. The van der Waals surface area contributed by atoms with Crippen LogP contribution in [0.1, 0.15) is 61.4 Å². The number of nitrogens with zero attached hydrogens (tertiary/aromatic N) is 3. The molecule has 0 aliphatic rings. The Labute approximate surface area is 205 Å². The summed E-state index contributed by atoms with van der Waals surface area (Å²) < 4.78 is 2.08. The first-order chi connectivity index (χ1) is 16.2. The van der Waals surface area contributed by atoms with E-state index in [9.17, 15) is 14.7 Å². The second-order valence-corrected chi connectivity index (χ2v) is 8.42.